The van der Waals surface area contributed by atoms with Crippen molar-refractivity contribution in [2.45, 2.75) is 39.2 Å². The van der Waals surface area contributed by atoms with E-state index in [2.05, 4.69) is 5.32 Å². The van der Waals surface area contributed by atoms with Gasteiger partial charge in [0, 0.05) is 18.6 Å². The monoisotopic (exact) mass is 255 g/mol. The molecule has 5 heteroatoms. The summed E-state index contributed by atoms with van der Waals surface area (Å²) in [7, 11) is 0. The Morgan fingerprint density at radius 3 is 2.44 bits per heavy atom. The summed E-state index contributed by atoms with van der Waals surface area (Å²) in [5, 5.41) is 21.2. The number of rotatable bonds is 4. The van der Waals surface area contributed by atoms with E-state index in [1.54, 1.807) is 0 Å². The van der Waals surface area contributed by atoms with Gasteiger partial charge in [-0.2, -0.15) is 0 Å². The first kappa shape index (κ1) is 13.3. The number of nitrogens with one attached hydrogen (secondary N) is 1. The van der Waals surface area contributed by atoms with Crippen LogP contribution in [0.4, 0.5) is 0 Å². The van der Waals surface area contributed by atoms with Crippen molar-refractivity contribution in [1.29, 1.82) is 0 Å². The first-order valence-corrected chi connectivity index (χ1v) is 6.53. The maximum Gasteiger partial charge on any atom is 0.307 e. The van der Waals surface area contributed by atoms with E-state index < -0.39 is 23.2 Å². The van der Waals surface area contributed by atoms with Crippen LogP contribution in [0.15, 0.2) is 0 Å². The summed E-state index contributed by atoms with van der Waals surface area (Å²) in [6, 6.07) is 0.00773. The Morgan fingerprint density at radius 2 is 1.94 bits per heavy atom. The molecule has 0 heterocycles. The lowest BCUT2D eigenvalue weighted by atomic mass is 10.0. The number of hydrogen-bond donors (Lipinski definition) is 3. The first-order valence-electron chi connectivity index (χ1n) is 6.53. The predicted molar refractivity (Wildman–Crippen MR) is 64.8 cm³/mol. The molecule has 2 rings (SSSR count). The molecule has 0 spiro atoms. The van der Waals surface area contributed by atoms with Crippen LogP contribution in [0.3, 0.4) is 0 Å². The van der Waals surface area contributed by atoms with Gasteiger partial charge in [0.1, 0.15) is 0 Å². The van der Waals surface area contributed by atoms with Crippen LogP contribution in [0.25, 0.3) is 0 Å². The summed E-state index contributed by atoms with van der Waals surface area (Å²) >= 11 is 0. The second-order valence-corrected chi connectivity index (χ2v) is 6.10. The minimum atomic E-state index is -0.898. The Bertz CT molecular complexity index is 366. The zero-order chi connectivity index (χ0) is 13.5. The number of carbonyl (C=O) groups excluding carboxylic acids is 1. The number of hydrogen-bond acceptors (Lipinski definition) is 3. The molecule has 0 aromatic carbocycles. The van der Waals surface area contributed by atoms with Crippen LogP contribution in [0.2, 0.25) is 0 Å². The number of aliphatic carboxylic acids is 1. The van der Waals surface area contributed by atoms with E-state index in [0.29, 0.717) is 0 Å². The molecule has 3 N–H and O–H groups in total. The van der Waals surface area contributed by atoms with Crippen molar-refractivity contribution in [2.24, 2.45) is 23.2 Å². The molecule has 4 atom stereocenters. The summed E-state index contributed by atoms with van der Waals surface area (Å²) < 4.78 is 0. The Hall–Kier alpha value is -1.10. The molecular weight excluding hydrogens is 234 g/mol. The summed E-state index contributed by atoms with van der Waals surface area (Å²) in [5.74, 6) is -1.96. The molecule has 0 aromatic heterocycles. The lowest BCUT2D eigenvalue weighted by Gasteiger charge is -2.19. The van der Waals surface area contributed by atoms with Crippen LogP contribution in [-0.4, -0.2) is 34.7 Å². The minimum Gasteiger partial charge on any atom is -0.481 e. The third-order valence-corrected chi connectivity index (χ3v) is 4.60. The fourth-order valence-corrected chi connectivity index (χ4v) is 3.31. The molecule has 0 bridgehead atoms. The van der Waals surface area contributed by atoms with Crippen molar-refractivity contribution >= 4 is 11.9 Å². The number of aliphatic hydroxyl groups excluding tert-OH is 1. The Morgan fingerprint density at radius 1 is 1.28 bits per heavy atom. The lowest BCUT2D eigenvalue weighted by Crippen LogP contribution is -2.40. The highest BCUT2D eigenvalue weighted by Gasteiger charge is 2.66. The molecule has 0 aromatic rings. The standard InChI is InChI=1S/C13H21NO4/c1-13(2)9(10(13)12(17)18)11(16)14-8-5-3-4-7(8)6-15/h7-10,15H,3-6H2,1-2H3,(H,14,16)(H,17,18). The van der Waals surface area contributed by atoms with Gasteiger partial charge >= 0.3 is 5.97 Å². The Balaban J connectivity index is 1.95. The number of aliphatic hydroxyl groups is 1. The van der Waals surface area contributed by atoms with Crippen molar-refractivity contribution in [3.63, 3.8) is 0 Å². The molecule has 2 aliphatic rings. The third kappa shape index (κ3) is 2.11. The van der Waals surface area contributed by atoms with Crippen molar-refractivity contribution in [3.05, 3.63) is 0 Å². The maximum atomic E-state index is 12.1. The van der Waals surface area contributed by atoms with Crippen LogP contribution in [0.5, 0.6) is 0 Å². The van der Waals surface area contributed by atoms with Crippen molar-refractivity contribution in [2.75, 3.05) is 6.61 Å². The molecule has 4 unspecified atom stereocenters. The first-order chi connectivity index (χ1) is 8.39. The fraction of sp³-hybridized carbons (Fsp3) is 0.846. The summed E-state index contributed by atoms with van der Waals surface area (Å²) in [6.07, 6.45) is 2.81. The third-order valence-electron chi connectivity index (χ3n) is 4.60. The van der Waals surface area contributed by atoms with E-state index in [9.17, 15) is 14.7 Å². The van der Waals surface area contributed by atoms with Gasteiger partial charge in [0.2, 0.25) is 5.91 Å². The highest BCUT2D eigenvalue weighted by Crippen LogP contribution is 2.58. The SMILES string of the molecule is CC1(C)C(C(=O)O)C1C(=O)NC1CCCC1CO. The number of amides is 1. The van der Waals surface area contributed by atoms with Crippen LogP contribution in [0.1, 0.15) is 33.1 Å². The molecule has 2 saturated carbocycles. The van der Waals surface area contributed by atoms with Gasteiger partial charge in [-0.1, -0.05) is 20.3 Å². The normalized spacial score (nSPS) is 37.3. The lowest BCUT2D eigenvalue weighted by molar-refractivity contribution is -0.140. The highest BCUT2D eigenvalue weighted by atomic mass is 16.4. The molecule has 0 radical (unpaired) electrons. The van der Waals surface area contributed by atoms with E-state index in [-0.39, 0.29) is 24.5 Å². The Kier molecular flexibility index (Phi) is 3.36. The Labute approximate surface area is 107 Å². The summed E-state index contributed by atoms with van der Waals surface area (Å²) in [5.41, 5.74) is -0.455. The van der Waals surface area contributed by atoms with Crippen LogP contribution in [-0.2, 0) is 9.59 Å². The summed E-state index contributed by atoms with van der Waals surface area (Å²) in [6.45, 7) is 3.71. The van der Waals surface area contributed by atoms with Gasteiger partial charge in [-0.05, 0) is 18.3 Å². The van der Waals surface area contributed by atoms with E-state index in [1.807, 2.05) is 13.8 Å². The molecule has 0 saturated heterocycles. The molecule has 1 amide bonds. The fourth-order valence-electron chi connectivity index (χ4n) is 3.31. The largest absolute Gasteiger partial charge is 0.481 e. The van der Waals surface area contributed by atoms with Crippen LogP contribution < -0.4 is 5.32 Å². The van der Waals surface area contributed by atoms with Gasteiger partial charge in [0.15, 0.2) is 0 Å². The number of carbonyl (C=O) groups is 2. The van der Waals surface area contributed by atoms with E-state index >= 15 is 0 Å². The molecule has 102 valence electrons. The molecular formula is C13H21NO4. The van der Waals surface area contributed by atoms with E-state index in [4.69, 9.17) is 5.11 Å². The smallest absolute Gasteiger partial charge is 0.307 e. The topological polar surface area (TPSA) is 86.6 Å². The zero-order valence-electron chi connectivity index (χ0n) is 10.8. The van der Waals surface area contributed by atoms with Crippen LogP contribution in [0, 0.1) is 23.2 Å². The molecule has 18 heavy (non-hydrogen) atoms. The van der Waals surface area contributed by atoms with Gasteiger partial charge in [0.05, 0.1) is 11.8 Å². The van der Waals surface area contributed by atoms with Crippen molar-refractivity contribution in [3.8, 4) is 0 Å². The van der Waals surface area contributed by atoms with Gasteiger partial charge in [-0.25, -0.2) is 0 Å². The highest BCUT2D eigenvalue weighted by molar-refractivity contribution is 5.91. The number of carboxylic acid groups (broad SMARTS) is 1. The molecule has 5 nitrogen and oxygen atoms in total. The minimum absolute atomic E-state index is 0.00773. The van der Waals surface area contributed by atoms with Crippen molar-refractivity contribution in [1.82, 2.24) is 5.32 Å². The number of carboxylic acids is 1. The predicted octanol–water partition coefficient (Wildman–Crippen LogP) is 0.620. The van der Waals surface area contributed by atoms with Gasteiger partial charge in [-0.15, -0.1) is 0 Å². The van der Waals surface area contributed by atoms with Gasteiger partial charge in [0.25, 0.3) is 0 Å². The van der Waals surface area contributed by atoms with Crippen molar-refractivity contribution < 1.29 is 19.8 Å². The molecule has 2 fully saturated rings. The quantitative estimate of drug-likeness (QED) is 0.687. The average molecular weight is 255 g/mol. The molecule has 0 aliphatic heterocycles. The maximum absolute atomic E-state index is 12.1. The zero-order valence-corrected chi connectivity index (χ0v) is 10.8. The second kappa shape index (κ2) is 4.53. The second-order valence-electron chi connectivity index (χ2n) is 6.10. The van der Waals surface area contributed by atoms with Crippen LogP contribution >= 0.6 is 0 Å². The van der Waals surface area contributed by atoms with Gasteiger partial charge < -0.3 is 15.5 Å². The van der Waals surface area contributed by atoms with E-state index in [1.165, 1.54) is 0 Å². The average Bonchev–Trinajstić information content (AvgIpc) is 2.66. The summed E-state index contributed by atoms with van der Waals surface area (Å²) in [4.78, 5) is 23.1. The molecule has 2 aliphatic carbocycles. The van der Waals surface area contributed by atoms with E-state index in [0.717, 1.165) is 19.3 Å². The van der Waals surface area contributed by atoms with Gasteiger partial charge in [-0.3, -0.25) is 9.59 Å².